The minimum absolute atomic E-state index is 0.0604. The van der Waals surface area contributed by atoms with Crippen LogP contribution in [0.3, 0.4) is 0 Å². The van der Waals surface area contributed by atoms with E-state index < -0.39 is 0 Å². The molecule has 0 saturated carbocycles. The van der Waals surface area contributed by atoms with E-state index in [1.807, 2.05) is 21.5 Å². The Hall–Kier alpha value is -11.7. The van der Waals surface area contributed by atoms with E-state index in [2.05, 4.69) is 102 Å². The molecule has 12 aromatic rings. The third kappa shape index (κ3) is 15.0. The largest absolute Gasteiger partial charge is 0.507 e. The van der Waals surface area contributed by atoms with Crippen LogP contribution in [0.5, 0.6) is 23.0 Å². The lowest BCUT2D eigenvalue weighted by molar-refractivity contribution is 0.450. The topological polar surface area (TPSA) is 330 Å². The zero-order chi connectivity index (χ0) is 62.6. The fourth-order valence-electron chi connectivity index (χ4n) is 9.37. The molecule has 4 heterocycles. The van der Waals surface area contributed by atoms with Gasteiger partial charge in [0.25, 0.3) is 0 Å². The second-order valence-corrected chi connectivity index (χ2v) is 23.6. The van der Waals surface area contributed by atoms with E-state index in [-0.39, 0.29) is 48.7 Å². The Kier molecular flexibility index (Phi) is 17.9. The Morgan fingerprint density at radius 3 is 0.522 bits per heavy atom. The smallest absolute Gasteiger partial charge is 0.229 e. The van der Waals surface area contributed by atoms with Crippen molar-refractivity contribution in [1.82, 2.24) is 19.9 Å². The summed E-state index contributed by atoms with van der Waals surface area (Å²) in [4.78, 5) is 16.6. The summed E-state index contributed by atoms with van der Waals surface area (Å²) in [6.07, 6.45) is 6.38. The van der Waals surface area contributed by atoms with Crippen LogP contribution < -0.4 is 0 Å². The Morgan fingerprint density at radius 2 is 0.370 bits per heavy atom. The van der Waals surface area contributed by atoms with Gasteiger partial charge in [0.1, 0.15) is 23.0 Å². The molecule has 13 rings (SSSR count). The highest BCUT2D eigenvalue weighted by molar-refractivity contribution is 7.14. The van der Waals surface area contributed by atoms with E-state index >= 15 is 0 Å². The van der Waals surface area contributed by atoms with Crippen LogP contribution in [-0.2, 0) is 25.7 Å². The molecule has 24 nitrogen and oxygen atoms in total. The quantitative estimate of drug-likeness (QED) is 0.0672. The molecule has 0 spiro atoms. The molecule has 4 aromatic heterocycles. The molecule has 448 valence electrons. The third-order valence-electron chi connectivity index (χ3n) is 13.7. The standard InChI is InChI=1S/C64H44N20O4S4/c85-57-37-25-39-31-54(78-70-46-3-11-50(12-4-46)74-82-62-66-18-22-90-62)33-41(58(39)86)27-43-35-56(80-72-48-7-15-52(16-8-48)76-84-64-68-20-24-92-64)36-44(60(43)88)28-42-34-55(79-71-47-5-13-51(14-6-47)75-83-63-67-19-23-91-63)32-40(59(42)87)26-38(57)30-53(29-37)77-69-45-1-9-49(10-2-45)73-81-61-65-17-21-89-61/h1-24,29-36,85-88H,25-28H2. The van der Waals surface area contributed by atoms with Crippen LogP contribution in [0, 0.1) is 0 Å². The van der Waals surface area contributed by atoms with Crippen LogP contribution in [0.4, 0.5) is 88.8 Å². The van der Waals surface area contributed by atoms with Gasteiger partial charge >= 0.3 is 0 Å². The molecule has 92 heavy (non-hydrogen) atoms. The van der Waals surface area contributed by atoms with Crippen molar-refractivity contribution in [2.45, 2.75) is 25.7 Å². The van der Waals surface area contributed by atoms with Gasteiger partial charge in [-0.3, -0.25) is 0 Å². The van der Waals surface area contributed by atoms with Crippen molar-refractivity contribution in [3.63, 3.8) is 0 Å². The van der Waals surface area contributed by atoms with Crippen molar-refractivity contribution in [3.8, 4) is 23.0 Å². The number of nitrogens with zero attached hydrogens (tertiary/aromatic N) is 20. The Labute approximate surface area is 538 Å². The first-order valence-corrected chi connectivity index (χ1v) is 31.3. The van der Waals surface area contributed by atoms with Crippen molar-refractivity contribution >= 4 is 134 Å². The molecule has 1 aliphatic rings. The van der Waals surface area contributed by atoms with E-state index in [1.54, 1.807) is 170 Å². The van der Waals surface area contributed by atoms with E-state index in [0.29, 0.717) is 133 Å². The maximum atomic E-state index is 12.5. The summed E-state index contributed by atoms with van der Waals surface area (Å²) in [7, 11) is 0. The number of aromatic hydroxyl groups is 4. The van der Waals surface area contributed by atoms with Gasteiger partial charge in [-0.25, -0.2) is 19.9 Å². The summed E-state index contributed by atoms with van der Waals surface area (Å²) in [5, 5.41) is 130. The number of aromatic nitrogens is 4. The maximum absolute atomic E-state index is 12.5. The second-order valence-electron chi connectivity index (χ2n) is 20.1. The SMILES string of the molecule is Oc1c2cc(N=Nc3ccc(N=Nc4nccs4)cc3)cc1Cc1cc(N=Nc3ccc(N=Nc4nccs4)cc3)cc(c1O)Cc1cc(N=Nc3ccc(N=Nc4nccs4)cc3)cc(c1O)Cc1cc(N=Nc3ccc(N=Nc4nccs4)cc3)cc(c1O)C2. The predicted molar refractivity (Wildman–Crippen MR) is 351 cm³/mol. The number of phenolic OH excluding ortho intramolecular Hbond substituents is 4. The summed E-state index contributed by atoms with van der Waals surface area (Å²) in [5.74, 6) is -0.505. The molecule has 0 atom stereocenters. The lowest BCUT2D eigenvalue weighted by atomic mass is 9.90. The average Bonchev–Trinajstić information content (AvgIpc) is 1.10. The molecule has 8 aromatic carbocycles. The summed E-state index contributed by atoms with van der Waals surface area (Å²) >= 11 is 5.47. The number of fused-ring (bicyclic) bond motifs is 8. The van der Waals surface area contributed by atoms with E-state index in [4.69, 9.17) is 0 Å². The summed E-state index contributed by atoms with van der Waals surface area (Å²) < 4.78 is 0. The third-order valence-corrected chi connectivity index (χ3v) is 16.4. The van der Waals surface area contributed by atoms with Crippen LogP contribution in [0.1, 0.15) is 44.5 Å². The Bertz CT molecular complexity index is 4120. The van der Waals surface area contributed by atoms with Crippen LogP contribution in [0.15, 0.2) is 274 Å². The van der Waals surface area contributed by atoms with Crippen molar-refractivity contribution < 1.29 is 20.4 Å². The van der Waals surface area contributed by atoms with Crippen molar-refractivity contribution in [2.75, 3.05) is 0 Å². The van der Waals surface area contributed by atoms with Gasteiger partial charge in [-0.15, -0.1) is 86.3 Å². The first-order chi connectivity index (χ1) is 45.1. The molecule has 0 amide bonds. The van der Waals surface area contributed by atoms with Gasteiger partial charge < -0.3 is 20.4 Å². The fourth-order valence-corrected chi connectivity index (χ4v) is 11.2. The monoisotopic (exact) mass is 1280 g/mol. The number of thiazole rings is 4. The lowest BCUT2D eigenvalue weighted by Crippen LogP contribution is -2.01. The lowest BCUT2D eigenvalue weighted by Gasteiger charge is -2.18. The highest BCUT2D eigenvalue weighted by atomic mass is 32.1. The summed E-state index contributed by atoms with van der Waals surface area (Å²) in [6, 6.07) is 41.4. The molecule has 0 saturated heterocycles. The molecule has 28 heteroatoms. The predicted octanol–water partition coefficient (Wildman–Crippen LogP) is 22.3. The molecule has 1 aliphatic carbocycles. The van der Waals surface area contributed by atoms with Crippen molar-refractivity contribution in [3.05, 3.63) is 236 Å². The number of hydrogen-bond acceptors (Lipinski definition) is 28. The number of hydrogen-bond donors (Lipinski definition) is 4. The van der Waals surface area contributed by atoms with Gasteiger partial charge in [0, 0.05) is 116 Å². The second kappa shape index (κ2) is 27.8. The highest BCUT2D eigenvalue weighted by Crippen LogP contribution is 2.44. The molecular weight excluding hydrogens is 1240 g/mol. The molecule has 8 bridgehead atoms. The van der Waals surface area contributed by atoms with Gasteiger partial charge in [-0.05, 0) is 146 Å². The van der Waals surface area contributed by atoms with Gasteiger partial charge in [0.2, 0.25) is 20.5 Å². The van der Waals surface area contributed by atoms with Gasteiger partial charge in [-0.1, -0.05) is 0 Å². The van der Waals surface area contributed by atoms with E-state index in [0.717, 1.165) is 0 Å². The van der Waals surface area contributed by atoms with E-state index in [9.17, 15) is 20.4 Å². The Balaban J connectivity index is 0.903. The average molecular weight is 1290 g/mol. The number of phenols is 4. The minimum Gasteiger partial charge on any atom is -0.507 e. The highest BCUT2D eigenvalue weighted by Gasteiger charge is 2.23. The zero-order valence-corrected chi connectivity index (χ0v) is 50.9. The molecule has 0 aliphatic heterocycles. The molecule has 0 unspecified atom stereocenters. The number of rotatable bonds is 16. The molecular formula is C64H44N20O4S4. The summed E-state index contributed by atoms with van der Waals surface area (Å²) in [6.45, 7) is 0. The first-order valence-electron chi connectivity index (χ1n) is 27.8. The number of azo groups is 8. The van der Waals surface area contributed by atoms with Crippen molar-refractivity contribution in [1.29, 1.82) is 0 Å². The van der Waals surface area contributed by atoms with E-state index in [1.165, 1.54) is 45.3 Å². The normalized spacial score (nSPS) is 12.9. The van der Waals surface area contributed by atoms with Crippen LogP contribution in [0.2, 0.25) is 0 Å². The van der Waals surface area contributed by atoms with Gasteiger partial charge in [-0.2, -0.15) is 40.9 Å². The van der Waals surface area contributed by atoms with Crippen LogP contribution in [-0.4, -0.2) is 40.4 Å². The fraction of sp³-hybridized carbons (Fsp3) is 0.0625. The maximum Gasteiger partial charge on any atom is 0.229 e. The molecule has 0 fully saturated rings. The molecule has 4 N–H and O–H groups in total. The van der Waals surface area contributed by atoms with Gasteiger partial charge in [0.05, 0.1) is 68.2 Å². The minimum atomic E-state index is -0.126. The van der Waals surface area contributed by atoms with Crippen LogP contribution >= 0.6 is 45.3 Å². The van der Waals surface area contributed by atoms with Crippen molar-refractivity contribution in [2.24, 2.45) is 81.8 Å². The first kappa shape index (κ1) is 59.3. The van der Waals surface area contributed by atoms with Gasteiger partial charge in [0.15, 0.2) is 0 Å². The molecule has 0 radical (unpaired) electrons. The number of benzene rings is 8. The van der Waals surface area contributed by atoms with Crippen LogP contribution in [0.25, 0.3) is 0 Å². The summed E-state index contributed by atoms with van der Waals surface area (Å²) in [5.41, 5.74) is 8.61. The Morgan fingerprint density at radius 1 is 0.217 bits per heavy atom. The zero-order valence-electron chi connectivity index (χ0n) is 47.7.